The number of benzene rings is 9. The molecule has 9 aromatic carbocycles. The van der Waals surface area contributed by atoms with Crippen molar-refractivity contribution in [2.75, 3.05) is 7.05 Å². The normalized spacial score (nSPS) is 12.8. The third-order valence-electron chi connectivity index (χ3n) is 13.7. The van der Waals surface area contributed by atoms with Gasteiger partial charge in [0, 0.05) is 52.8 Å². The molecule has 1 aliphatic heterocycles. The molecule has 1 atom stereocenters. The summed E-state index contributed by atoms with van der Waals surface area (Å²) in [6.45, 7) is 0. The molecule has 1 unspecified atom stereocenters. The van der Waals surface area contributed by atoms with Crippen LogP contribution in [0.4, 0.5) is 0 Å². The standard InChI is InChI=1S/C67H47N5.Ir/c1-71-39-37-68-66(71)51-31-27-49(28-32-51)59-17-6-9-20-62(59)56-42-57(63-21-10-7-18-60(63)50-29-33-52(34-30-50)67-69-38-40-72(67)2)44-58(43-56)64-22-11-8-19-61(64)55-35-36-65(70-45-55)54-16-12-15-53(41-54)48-25-23-47(24-26-48)46-13-4-3-5-14-46;/h3-15,17-31,33,35-45,66H,1-2H3;/q-4;. The first-order valence-corrected chi connectivity index (χ1v) is 24.2. The Morgan fingerprint density at radius 2 is 0.959 bits per heavy atom. The van der Waals surface area contributed by atoms with Crippen molar-refractivity contribution >= 4 is 0 Å². The molecule has 0 fully saturated rings. The van der Waals surface area contributed by atoms with Crippen molar-refractivity contribution < 1.29 is 20.1 Å². The zero-order valence-corrected chi connectivity index (χ0v) is 42.6. The zero-order valence-electron chi connectivity index (χ0n) is 40.2. The van der Waals surface area contributed by atoms with Gasteiger partial charge in [-0.05, 0) is 97.5 Å². The van der Waals surface area contributed by atoms with Gasteiger partial charge in [0.25, 0.3) is 0 Å². The van der Waals surface area contributed by atoms with Gasteiger partial charge in [0.1, 0.15) is 0 Å². The Labute approximate surface area is 441 Å². The van der Waals surface area contributed by atoms with Crippen LogP contribution in [0.1, 0.15) is 11.7 Å². The predicted molar refractivity (Wildman–Crippen MR) is 295 cm³/mol. The quantitative estimate of drug-likeness (QED) is 0.121. The summed E-state index contributed by atoms with van der Waals surface area (Å²) < 4.78 is 2.02. The SMILES string of the molecule is CN1C=C[N-]C1c1[c-]cc(-c2ccccc2-c2cc(-c3ccccc3-c3c[c-]c(-c4nccn4C)cc3)cc(-c3ccccc3-c3ccc(-c4[c-]ccc(-c5ccc(-c6ccccc6)cc5)c4)nc3)c2)cc1.[Ir]. The van der Waals surface area contributed by atoms with Crippen LogP contribution in [0.2, 0.25) is 0 Å². The summed E-state index contributed by atoms with van der Waals surface area (Å²) in [6.07, 6.45) is 9.56. The Balaban J connectivity index is 0.00000574. The van der Waals surface area contributed by atoms with Gasteiger partial charge in [-0.1, -0.05) is 156 Å². The number of imidazole rings is 1. The summed E-state index contributed by atoms with van der Waals surface area (Å²) in [5.41, 5.74) is 21.7. The summed E-state index contributed by atoms with van der Waals surface area (Å²) in [4.78, 5) is 11.7. The molecule has 2 aromatic heterocycles. The molecule has 0 saturated heterocycles. The predicted octanol–water partition coefficient (Wildman–Crippen LogP) is 16.7. The number of aromatic nitrogens is 3. The molecule has 73 heavy (non-hydrogen) atoms. The maximum atomic E-state index is 5.08. The second-order valence-electron chi connectivity index (χ2n) is 18.2. The molecule has 11 aromatic rings. The van der Waals surface area contributed by atoms with E-state index in [1.165, 1.54) is 11.1 Å². The molecular weight excluding hydrogens is 1070 g/mol. The van der Waals surface area contributed by atoms with E-state index in [-0.39, 0.29) is 26.3 Å². The second kappa shape index (κ2) is 20.6. The van der Waals surface area contributed by atoms with Crippen LogP contribution in [0.5, 0.6) is 0 Å². The Morgan fingerprint density at radius 1 is 0.438 bits per heavy atom. The van der Waals surface area contributed by atoms with Crippen molar-refractivity contribution in [2.24, 2.45) is 7.05 Å². The Morgan fingerprint density at radius 3 is 1.47 bits per heavy atom. The Kier molecular flexibility index (Phi) is 13.2. The van der Waals surface area contributed by atoms with Gasteiger partial charge in [-0.25, -0.2) is 0 Å². The van der Waals surface area contributed by atoms with E-state index >= 15 is 0 Å². The maximum Gasteiger partial charge on any atom is 0.0555 e. The fourth-order valence-electron chi connectivity index (χ4n) is 9.88. The van der Waals surface area contributed by atoms with Crippen LogP contribution < -0.4 is 0 Å². The van der Waals surface area contributed by atoms with Crippen LogP contribution in [0.25, 0.3) is 117 Å². The van der Waals surface area contributed by atoms with Crippen LogP contribution in [-0.4, -0.2) is 26.5 Å². The van der Waals surface area contributed by atoms with Crippen LogP contribution in [-0.2, 0) is 27.2 Å². The van der Waals surface area contributed by atoms with E-state index in [1.807, 2.05) is 61.8 Å². The maximum absolute atomic E-state index is 5.08. The topological polar surface area (TPSA) is 48.1 Å². The van der Waals surface area contributed by atoms with Crippen LogP contribution in [0, 0.1) is 18.2 Å². The number of hydrogen-bond donors (Lipinski definition) is 0. The number of aryl methyl sites for hydroxylation is 1. The summed E-state index contributed by atoms with van der Waals surface area (Å²) >= 11 is 0. The first-order valence-electron chi connectivity index (χ1n) is 24.2. The molecule has 12 rings (SSSR count). The molecule has 1 aliphatic rings. The third-order valence-corrected chi connectivity index (χ3v) is 13.7. The van der Waals surface area contributed by atoms with Crippen LogP contribution in [0.3, 0.4) is 0 Å². The number of nitrogens with zero attached hydrogens (tertiary/aromatic N) is 5. The minimum absolute atomic E-state index is 0. The van der Waals surface area contributed by atoms with E-state index in [0.717, 1.165) is 106 Å². The average molecular weight is 1110 g/mol. The van der Waals surface area contributed by atoms with Crippen molar-refractivity contribution in [3.05, 3.63) is 272 Å². The van der Waals surface area contributed by atoms with Crippen molar-refractivity contribution in [2.45, 2.75) is 6.17 Å². The molecule has 0 aliphatic carbocycles. The molecule has 3 heterocycles. The number of hydrogen-bond acceptors (Lipinski definition) is 3. The molecule has 353 valence electrons. The van der Waals surface area contributed by atoms with E-state index in [0.29, 0.717) is 0 Å². The van der Waals surface area contributed by atoms with E-state index in [9.17, 15) is 0 Å². The first kappa shape index (κ1) is 46.7. The molecule has 5 nitrogen and oxygen atoms in total. The Bertz CT molecular complexity index is 3730. The van der Waals surface area contributed by atoms with Crippen molar-refractivity contribution in [1.29, 1.82) is 0 Å². The smallest absolute Gasteiger partial charge is 0.0555 e. The van der Waals surface area contributed by atoms with Gasteiger partial charge in [0.15, 0.2) is 0 Å². The van der Waals surface area contributed by atoms with Crippen molar-refractivity contribution in [3.63, 3.8) is 0 Å². The summed E-state index contributed by atoms with van der Waals surface area (Å²) in [5, 5.41) is 4.65. The number of rotatable bonds is 11. The van der Waals surface area contributed by atoms with Gasteiger partial charge in [0.2, 0.25) is 0 Å². The summed E-state index contributed by atoms with van der Waals surface area (Å²) in [6, 6.07) is 86.2. The molecule has 1 radical (unpaired) electrons. The molecule has 0 saturated carbocycles. The van der Waals surface area contributed by atoms with Gasteiger partial charge in [-0.2, -0.15) is 36.0 Å². The molecule has 6 heteroatoms. The largest absolute Gasteiger partial charge is 0.668 e. The van der Waals surface area contributed by atoms with Crippen molar-refractivity contribution in [1.82, 2.24) is 19.4 Å². The second-order valence-corrected chi connectivity index (χ2v) is 18.2. The van der Waals surface area contributed by atoms with E-state index < -0.39 is 0 Å². The monoisotopic (exact) mass is 1110 g/mol. The van der Waals surface area contributed by atoms with Crippen molar-refractivity contribution in [3.8, 4) is 112 Å². The molecule has 0 N–H and O–H groups in total. The van der Waals surface area contributed by atoms with Gasteiger partial charge in [-0.15, -0.1) is 70.8 Å². The molecule has 0 amide bonds. The zero-order chi connectivity index (χ0) is 48.4. The fraction of sp³-hybridized carbons (Fsp3) is 0.0448. The Hall–Kier alpha value is -8.67. The average Bonchev–Trinajstić information content (AvgIpc) is 4.10. The van der Waals surface area contributed by atoms with Crippen LogP contribution >= 0.6 is 0 Å². The van der Waals surface area contributed by atoms with Gasteiger partial charge in [0.05, 0.1) is 5.82 Å². The fourth-order valence-corrected chi connectivity index (χ4v) is 9.88. The third kappa shape index (κ3) is 9.50. The molecular formula is C67H47IrN5-4. The van der Waals surface area contributed by atoms with E-state index in [1.54, 1.807) is 0 Å². The number of pyridine rings is 1. The molecule has 0 spiro atoms. The van der Waals surface area contributed by atoms with Crippen LogP contribution in [0.15, 0.2) is 243 Å². The van der Waals surface area contributed by atoms with Gasteiger partial charge in [-0.3, -0.25) is 4.98 Å². The summed E-state index contributed by atoms with van der Waals surface area (Å²) in [5.74, 6) is 0.882. The van der Waals surface area contributed by atoms with Gasteiger partial charge >= 0.3 is 0 Å². The summed E-state index contributed by atoms with van der Waals surface area (Å²) in [7, 11) is 4.05. The van der Waals surface area contributed by atoms with E-state index in [2.05, 4.69) is 234 Å². The molecule has 0 bridgehead atoms. The minimum Gasteiger partial charge on any atom is -0.668 e. The first-order chi connectivity index (χ1) is 35.5. The van der Waals surface area contributed by atoms with Gasteiger partial charge < -0.3 is 19.8 Å². The minimum atomic E-state index is -0.0671. The van der Waals surface area contributed by atoms with E-state index in [4.69, 9.17) is 4.98 Å².